The van der Waals surface area contributed by atoms with Gasteiger partial charge in [-0.2, -0.15) is 4.98 Å². The Labute approximate surface area is 279 Å². The maximum atomic E-state index is 14.1. The van der Waals surface area contributed by atoms with E-state index in [9.17, 15) is 14.7 Å². The average molecular weight is 652 g/mol. The van der Waals surface area contributed by atoms with Gasteiger partial charge in [-0.1, -0.05) is 43.7 Å². The molecule has 0 radical (unpaired) electrons. The number of rotatable bonds is 15. The van der Waals surface area contributed by atoms with E-state index in [4.69, 9.17) is 24.2 Å². The summed E-state index contributed by atoms with van der Waals surface area (Å²) in [7, 11) is 4.76. The van der Waals surface area contributed by atoms with Crippen LogP contribution >= 0.6 is 0 Å². The fourth-order valence-electron chi connectivity index (χ4n) is 5.57. The van der Waals surface area contributed by atoms with Gasteiger partial charge < -0.3 is 34.1 Å². The number of aromatic carboxylic acids is 1. The molecule has 0 aliphatic heterocycles. The number of methoxy groups -OCH3 is 3. The van der Waals surface area contributed by atoms with Crippen molar-refractivity contribution in [2.24, 2.45) is 0 Å². The van der Waals surface area contributed by atoms with Crippen LogP contribution in [-0.4, -0.2) is 53.0 Å². The Morgan fingerprint density at radius 2 is 1.52 bits per heavy atom. The summed E-state index contributed by atoms with van der Waals surface area (Å²) in [5.74, 6) is 1.80. The minimum absolute atomic E-state index is 0.0503. The Kier molecular flexibility index (Phi) is 10.8. The first-order valence-corrected chi connectivity index (χ1v) is 15.8. The van der Waals surface area contributed by atoms with Crippen LogP contribution in [0.15, 0.2) is 83.8 Å². The van der Waals surface area contributed by atoms with Crippen molar-refractivity contribution in [1.82, 2.24) is 14.5 Å². The van der Waals surface area contributed by atoms with Crippen LogP contribution in [0.4, 0.5) is 11.8 Å². The third-order valence-electron chi connectivity index (χ3n) is 8.14. The highest BCUT2D eigenvalue weighted by Crippen LogP contribution is 2.27. The van der Waals surface area contributed by atoms with Crippen LogP contribution in [0.3, 0.4) is 0 Å². The van der Waals surface area contributed by atoms with E-state index in [0.29, 0.717) is 47.1 Å². The molecule has 5 aromatic rings. The molecule has 0 aliphatic carbocycles. The molecule has 250 valence electrons. The summed E-state index contributed by atoms with van der Waals surface area (Å²) in [6.45, 7) is 5.37. The number of carbonyl (C=O) groups is 1. The molecule has 0 saturated heterocycles. The van der Waals surface area contributed by atoms with Crippen LogP contribution < -0.4 is 30.0 Å². The largest absolute Gasteiger partial charge is 0.497 e. The summed E-state index contributed by atoms with van der Waals surface area (Å²) in [5, 5.41) is 13.3. The molecule has 0 amide bonds. The number of hydrogen-bond donors (Lipinski definition) is 2. The number of carboxylic acids is 1. The molecule has 2 aromatic heterocycles. The van der Waals surface area contributed by atoms with Gasteiger partial charge in [-0.05, 0) is 66.9 Å². The van der Waals surface area contributed by atoms with Gasteiger partial charge in [0, 0.05) is 30.9 Å². The molecule has 0 bridgehead atoms. The van der Waals surface area contributed by atoms with Crippen LogP contribution in [0.2, 0.25) is 0 Å². The number of nitrogens with one attached hydrogen (secondary N) is 1. The van der Waals surface area contributed by atoms with Crippen LogP contribution in [0.1, 0.15) is 53.7 Å². The molecule has 0 aliphatic rings. The molecule has 48 heavy (non-hydrogen) atoms. The Balaban J connectivity index is 1.60. The van der Waals surface area contributed by atoms with E-state index >= 15 is 0 Å². The quantitative estimate of drug-likeness (QED) is 0.132. The second kappa shape index (κ2) is 15.3. The molecule has 0 spiro atoms. The van der Waals surface area contributed by atoms with Crippen molar-refractivity contribution in [2.45, 2.75) is 52.4 Å². The van der Waals surface area contributed by atoms with Crippen molar-refractivity contribution in [3.8, 4) is 17.2 Å². The van der Waals surface area contributed by atoms with Gasteiger partial charge >= 0.3 is 5.97 Å². The predicted molar refractivity (Wildman–Crippen MR) is 187 cm³/mol. The van der Waals surface area contributed by atoms with E-state index in [-0.39, 0.29) is 23.7 Å². The third-order valence-corrected chi connectivity index (χ3v) is 8.14. The van der Waals surface area contributed by atoms with Gasteiger partial charge in [0.15, 0.2) is 0 Å². The van der Waals surface area contributed by atoms with Crippen molar-refractivity contribution in [2.75, 3.05) is 31.5 Å². The van der Waals surface area contributed by atoms with Crippen molar-refractivity contribution in [3.63, 3.8) is 0 Å². The molecule has 3 aromatic carbocycles. The van der Waals surface area contributed by atoms with Gasteiger partial charge in [-0.3, -0.25) is 4.79 Å². The lowest BCUT2D eigenvalue weighted by Crippen LogP contribution is -2.28. The highest BCUT2D eigenvalue weighted by Gasteiger charge is 2.20. The minimum atomic E-state index is -1.05. The van der Waals surface area contributed by atoms with E-state index in [1.165, 1.54) is 19.2 Å². The van der Waals surface area contributed by atoms with Crippen molar-refractivity contribution >= 4 is 28.6 Å². The van der Waals surface area contributed by atoms with Crippen LogP contribution in [0.5, 0.6) is 17.2 Å². The fraction of sp³-hybridized carbons (Fsp3) is 0.297. The van der Waals surface area contributed by atoms with E-state index < -0.39 is 5.97 Å². The molecule has 2 heterocycles. The number of pyridine rings is 1. The number of carboxylic acid groups (broad SMARTS) is 1. The Morgan fingerprint density at radius 1 is 0.896 bits per heavy atom. The fourth-order valence-corrected chi connectivity index (χ4v) is 5.57. The van der Waals surface area contributed by atoms with Crippen molar-refractivity contribution < 1.29 is 24.1 Å². The normalized spacial score (nSPS) is 11.6. The highest BCUT2D eigenvalue weighted by molar-refractivity contribution is 5.90. The first kappa shape index (κ1) is 33.8. The molecule has 5 rings (SSSR count). The number of anilines is 2. The molecule has 0 fully saturated rings. The van der Waals surface area contributed by atoms with Crippen LogP contribution in [0, 0.1) is 0 Å². The zero-order chi connectivity index (χ0) is 34.2. The summed E-state index contributed by atoms with van der Waals surface area (Å²) in [4.78, 5) is 37.7. The number of fused-ring (bicyclic) bond motifs is 1. The number of hydrogen-bond acceptors (Lipinski definition) is 9. The van der Waals surface area contributed by atoms with Gasteiger partial charge in [0.1, 0.15) is 28.5 Å². The second-order valence-electron chi connectivity index (χ2n) is 11.6. The number of benzene rings is 3. The smallest absolute Gasteiger partial charge is 0.335 e. The van der Waals surface area contributed by atoms with Gasteiger partial charge in [0.2, 0.25) is 5.95 Å². The lowest BCUT2D eigenvalue weighted by atomic mass is 10.1. The first-order chi connectivity index (χ1) is 23.2. The molecule has 0 unspecified atom stereocenters. The summed E-state index contributed by atoms with van der Waals surface area (Å²) in [6.07, 6.45) is 3.54. The number of aromatic nitrogens is 3. The molecule has 0 saturated carbocycles. The molecular weight excluding hydrogens is 610 g/mol. The van der Waals surface area contributed by atoms with Crippen LogP contribution in [-0.2, 0) is 19.6 Å². The molecule has 11 heteroatoms. The topological polar surface area (TPSA) is 128 Å². The van der Waals surface area contributed by atoms with Crippen LogP contribution in [0.25, 0.3) is 10.9 Å². The van der Waals surface area contributed by atoms with E-state index in [0.717, 1.165) is 35.5 Å². The lowest BCUT2D eigenvalue weighted by Gasteiger charge is -2.25. The molecule has 11 nitrogen and oxygen atoms in total. The van der Waals surface area contributed by atoms with Gasteiger partial charge in [-0.15, -0.1) is 0 Å². The maximum Gasteiger partial charge on any atom is 0.335 e. The Morgan fingerprint density at radius 3 is 2.06 bits per heavy atom. The summed E-state index contributed by atoms with van der Waals surface area (Å²) in [5.41, 5.74) is 3.09. The van der Waals surface area contributed by atoms with E-state index in [2.05, 4.69) is 24.1 Å². The monoisotopic (exact) mass is 651 g/mol. The zero-order valence-electron chi connectivity index (χ0n) is 27.9. The molecular formula is C37H41N5O6. The van der Waals surface area contributed by atoms with Gasteiger partial charge in [-0.25, -0.2) is 9.78 Å². The number of nitrogens with zero attached hydrogens (tertiary/aromatic N) is 4. The SMILES string of the molecule is CCC[C@@H](C)Nc1nc(N(Cc2ccc(OC)cc2)Cc2ccc(OC)cc2)nc2ccn(Cc3ccc(C(=O)O)cc3OC)c(=O)c12. The Bertz CT molecular complexity index is 1880. The molecule has 2 N–H and O–H groups in total. The zero-order valence-corrected chi connectivity index (χ0v) is 27.9. The van der Waals surface area contributed by atoms with E-state index in [1.54, 1.807) is 31.0 Å². The van der Waals surface area contributed by atoms with Crippen molar-refractivity contribution in [1.29, 1.82) is 0 Å². The van der Waals surface area contributed by atoms with Crippen molar-refractivity contribution in [3.05, 3.63) is 112 Å². The number of ether oxygens (including phenoxy) is 3. The average Bonchev–Trinajstić information content (AvgIpc) is 3.09. The summed E-state index contributed by atoms with van der Waals surface area (Å²) in [6, 6.07) is 22.2. The standard InChI is InChI=1S/C37H41N5O6/c1-6-7-24(2)38-34-33-31(18-19-41(35(33)43)23-28-13-12-27(36(44)45)20-32(28)48-5)39-37(40-34)42(21-25-8-14-29(46-3)15-9-25)22-26-10-16-30(47-4)17-11-26/h8-20,24H,6-7,21-23H2,1-5H3,(H,44,45)(H,38,39,40)/t24-/m1/s1. The highest BCUT2D eigenvalue weighted by atomic mass is 16.5. The molecule has 1 atom stereocenters. The van der Waals surface area contributed by atoms with Gasteiger partial charge in [0.05, 0.1) is 39.0 Å². The summed E-state index contributed by atoms with van der Waals surface area (Å²) < 4.78 is 17.8. The first-order valence-electron chi connectivity index (χ1n) is 15.8. The minimum Gasteiger partial charge on any atom is -0.497 e. The Hall–Kier alpha value is -5.58. The summed E-state index contributed by atoms with van der Waals surface area (Å²) >= 11 is 0. The maximum absolute atomic E-state index is 14.1. The van der Waals surface area contributed by atoms with Gasteiger partial charge in [0.25, 0.3) is 5.56 Å². The lowest BCUT2D eigenvalue weighted by molar-refractivity contribution is 0.0696. The third kappa shape index (κ3) is 7.86. The second-order valence-corrected chi connectivity index (χ2v) is 11.6. The predicted octanol–water partition coefficient (Wildman–Crippen LogP) is 6.37. The van der Waals surface area contributed by atoms with E-state index in [1.807, 2.05) is 54.6 Å².